The molecule has 6 heteroatoms. The Morgan fingerprint density at radius 3 is 2.61 bits per heavy atom. The van der Waals surface area contributed by atoms with Crippen LogP contribution < -0.4 is 5.32 Å². The molecule has 98 valence electrons. The van der Waals surface area contributed by atoms with Crippen molar-refractivity contribution in [3.63, 3.8) is 0 Å². The normalized spacial score (nSPS) is 11.9. The van der Waals surface area contributed by atoms with Crippen LogP contribution in [0.2, 0.25) is 0 Å². The van der Waals surface area contributed by atoms with E-state index in [-0.39, 0.29) is 6.42 Å². The molecule has 0 aliphatic heterocycles. The minimum absolute atomic E-state index is 0.220. The third-order valence-corrected chi connectivity index (χ3v) is 2.38. The van der Waals surface area contributed by atoms with Gasteiger partial charge in [-0.05, 0) is 18.6 Å². The van der Waals surface area contributed by atoms with Crippen LogP contribution in [0.4, 0.5) is 8.78 Å². The van der Waals surface area contributed by atoms with E-state index in [1.54, 1.807) is 6.92 Å². The Balaban J connectivity index is 2.87. The summed E-state index contributed by atoms with van der Waals surface area (Å²) in [5.74, 6) is -4.57. The molecule has 2 N–H and O–H groups in total. The summed E-state index contributed by atoms with van der Waals surface area (Å²) in [5.41, 5.74) is -0.502. The number of hydrogen-bond acceptors (Lipinski definition) is 2. The Morgan fingerprint density at radius 1 is 1.39 bits per heavy atom. The van der Waals surface area contributed by atoms with Crippen LogP contribution in [0.3, 0.4) is 0 Å². The van der Waals surface area contributed by atoms with E-state index >= 15 is 0 Å². The number of rotatable bonds is 5. The lowest BCUT2D eigenvalue weighted by atomic mass is 10.1. The molecule has 1 atom stereocenters. The Hall–Kier alpha value is -1.98. The lowest BCUT2D eigenvalue weighted by Gasteiger charge is -2.13. The number of aliphatic carboxylic acids is 1. The van der Waals surface area contributed by atoms with E-state index in [0.29, 0.717) is 6.42 Å². The van der Waals surface area contributed by atoms with Crippen LogP contribution in [0, 0.1) is 11.6 Å². The molecule has 0 spiro atoms. The van der Waals surface area contributed by atoms with Crippen molar-refractivity contribution in [1.29, 1.82) is 0 Å². The molecule has 0 saturated carbocycles. The van der Waals surface area contributed by atoms with Gasteiger partial charge in [-0.1, -0.05) is 19.4 Å². The van der Waals surface area contributed by atoms with Crippen molar-refractivity contribution in [2.75, 3.05) is 0 Å². The first-order valence-electron chi connectivity index (χ1n) is 5.45. The van der Waals surface area contributed by atoms with E-state index in [9.17, 15) is 18.4 Å². The molecule has 0 aliphatic carbocycles. The quantitative estimate of drug-likeness (QED) is 0.847. The van der Waals surface area contributed by atoms with Crippen LogP contribution >= 0.6 is 0 Å². The molecule has 0 saturated heterocycles. The van der Waals surface area contributed by atoms with Crippen molar-refractivity contribution in [3.8, 4) is 0 Å². The number of carboxylic acid groups (broad SMARTS) is 1. The van der Waals surface area contributed by atoms with Gasteiger partial charge in [0.2, 0.25) is 0 Å². The van der Waals surface area contributed by atoms with Gasteiger partial charge in [0.25, 0.3) is 5.91 Å². The predicted molar refractivity (Wildman–Crippen MR) is 60.2 cm³/mol. The molecule has 1 aromatic rings. The van der Waals surface area contributed by atoms with Gasteiger partial charge in [-0.2, -0.15) is 0 Å². The fraction of sp³-hybridized carbons (Fsp3) is 0.333. The van der Waals surface area contributed by atoms with Gasteiger partial charge in [-0.3, -0.25) is 4.79 Å². The van der Waals surface area contributed by atoms with Crippen molar-refractivity contribution >= 4 is 11.9 Å². The first-order valence-corrected chi connectivity index (χ1v) is 5.45. The van der Waals surface area contributed by atoms with Gasteiger partial charge in [0, 0.05) is 0 Å². The summed E-state index contributed by atoms with van der Waals surface area (Å²) in [6.07, 6.45) is 0.765. The first-order chi connectivity index (χ1) is 8.47. The number of hydrogen-bond donors (Lipinski definition) is 2. The van der Waals surface area contributed by atoms with Crippen molar-refractivity contribution in [2.24, 2.45) is 0 Å². The summed E-state index contributed by atoms with van der Waals surface area (Å²) in [6, 6.07) is 2.05. The Labute approximate surface area is 103 Å². The van der Waals surface area contributed by atoms with Gasteiger partial charge in [0.1, 0.15) is 6.04 Å². The maximum atomic E-state index is 13.3. The summed E-state index contributed by atoms with van der Waals surface area (Å²) in [4.78, 5) is 22.5. The largest absolute Gasteiger partial charge is 0.480 e. The van der Waals surface area contributed by atoms with Gasteiger partial charge >= 0.3 is 5.97 Å². The molecule has 1 rings (SSSR count). The smallest absolute Gasteiger partial charge is 0.326 e. The third-order valence-electron chi connectivity index (χ3n) is 2.38. The lowest BCUT2D eigenvalue weighted by Crippen LogP contribution is -2.41. The molecule has 1 unspecified atom stereocenters. The fourth-order valence-electron chi connectivity index (χ4n) is 1.46. The van der Waals surface area contributed by atoms with Crippen LogP contribution in [0.25, 0.3) is 0 Å². The first kappa shape index (κ1) is 14.1. The molecule has 0 fully saturated rings. The second kappa shape index (κ2) is 6.09. The SMILES string of the molecule is CCCC(NC(=O)c1cccc(F)c1F)C(=O)O. The highest BCUT2D eigenvalue weighted by Gasteiger charge is 2.22. The van der Waals surface area contributed by atoms with Crippen LogP contribution in [-0.2, 0) is 4.79 Å². The zero-order valence-electron chi connectivity index (χ0n) is 9.74. The fourth-order valence-corrected chi connectivity index (χ4v) is 1.46. The summed E-state index contributed by atoms with van der Waals surface area (Å²) < 4.78 is 26.2. The van der Waals surface area contributed by atoms with Gasteiger partial charge < -0.3 is 10.4 Å². The van der Waals surface area contributed by atoms with E-state index in [2.05, 4.69) is 5.32 Å². The topological polar surface area (TPSA) is 66.4 Å². The molecule has 0 aromatic heterocycles. The predicted octanol–water partition coefficient (Wildman–Crippen LogP) is 1.95. The highest BCUT2D eigenvalue weighted by Crippen LogP contribution is 2.11. The molecule has 1 aromatic carbocycles. The number of amides is 1. The number of benzene rings is 1. The van der Waals surface area contributed by atoms with Crippen LogP contribution in [-0.4, -0.2) is 23.0 Å². The van der Waals surface area contributed by atoms with Crippen LogP contribution in [0.15, 0.2) is 18.2 Å². The second-order valence-electron chi connectivity index (χ2n) is 3.75. The highest BCUT2D eigenvalue weighted by atomic mass is 19.2. The Kier molecular flexibility index (Phi) is 4.76. The van der Waals surface area contributed by atoms with Crippen LogP contribution in [0.5, 0.6) is 0 Å². The minimum Gasteiger partial charge on any atom is -0.480 e. The zero-order valence-corrected chi connectivity index (χ0v) is 9.74. The number of halogens is 2. The average molecular weight is 257 g/mol. The molecule has 18 heavy (non-hydrogen) atoms. The van der Waals surface area contributed by atoms with E-state index in [1.807, 2.05) is 0 Å². The molecular formula is C12H13F2NO3. The average Bonchev–Trinajstić information content (AvgIpc) is 2.31. The second-order valence-corrected chi connectivity index (χ2v) is 3.75. The van der Waals surface area contributed by atoms with Crippen molar-refractivity contribution < 1.29 is 23.5 Å². The summed E-state index contributed by atoms with van der Waals surface area (Å²) in [7, 11) is 0. The van der Waals surface area contributed by atoms with Gasteiger partial charge in [0.05, 0.1) is 5.56 Å². The molecule has 0 bridgehead atoms. The number of carbonyl (C=O) groups excluding carboxylic acids is 1. The van der Waals surface area contributed by atoms with Gasteiger partial charge in [-0.25, -0.2) is 13.6 Å². The Morgan fingerprint density at radius 2 is 2.06 bits per heavy atom. The molecule has 1 amide bonds. The number of nitrogens with one attached hydrogen (secondary N) is 1. The van der Waals surface area contributed by atoms with Crippen molar-refractivity contribution in [1.82, 2.24) is 5.32 Å². The zero-order chi connectivity index (χ0) is 13.7. The molecule has 0 aliphatic rings. The van der Waals surface area contributed by atoms with E-state index in [4.69, 9.17) is 5.11 Å². The summed E-state index contributed by atoms with van der Waals surface area (Å²) in [6.45, 7) is 1.75. The van der Waals surface area contributed by atoms with Gasteiger partial charge in [0.15, 0.2) is 11.6 Å². The standard InChI is InChI=1S/C12H13F2NO3/c1-2-4-9(12(17)18)15-11(16)7-5-3-6-8(13)10(7)14/h3,5-6,9H,2,4H2,1H3,(H,15,16)(H,17,18). The third kappa shape index (κ3) is 3.26. The molecule has 0 heterocycles. The minimum atomic E-state index is -1.28. The maximum Gasteiger partial charge on any atom is 0.326 e. The van der Waals surface area contributed by atoms with E-state index in [1.165, 1.54) is 6.07 Å². The van der Waals surface area contributed by atoms with Crippen LogP contribution in [0.1, 0.15) is 30.1 Å². The molecule has 0 radical (unpaired) electrons. The lowest BCUT2D eigenvalue weighted by molar-refractivity contribution is -0.139. The monoisotopic (exact) mass is 257 g/mol. The van der Waals surface area contributed by atoms with E-state index in [0.717, 1.165) is 12.1 Å². The summed E-state index contributed by atoms with van der Waals surface area (Å²) >= 11 is 0. The Bertz CT molecular complexity index is 463. The molecule has 4 nitrogen and oxygen atoms in total. The van der Waals surface area contributed by atoms with E-state index < -0.39 is 35.1 Å². The number of carboxylic acids is 1. The maximum absolute atomic E-state index is 13.3. The summed E-state index contributed by atoms with van der Waals surface area (Å²) in [5, 5.41) is 11.0. The van der Waals surface area contributed by atoms with Crippen molar-refractivity contribution in [2.45, 2.75) is 25.8 Å². The molecular weight excluding hydrogens is 244 g/mol. The number of carbonyl (C=O) groups is 2. The highest BCUT2D eigenvalue weighted by molar-refractivity contribution is 5.96. The van der Waals surface area contributed by atoms with Gasteiger partial charge in [-0.15, -0.1) is 0 Å². The van der Waals surface area contributed by atoms with Crippen molar-refractivity contribution in [3.05, 3.63) is 35.4 Å².